The van der Waals surface area contributed by atoms with Crippen LogP contribution in [0.4, 0.5) is 0 Å². The average Bonchev–Trinajstić information content (AvgIpc) is 4.08. The molecule has 6 heteroatoms. The van der Waals surface area contributed by atoms with Crippen molar-refractivity contribution < 1.29 is 4.42 Å². The molecule has 6 aromatic heterocycles. The lowest BCUT2D eigenvalue weighted by Crippen LogP contribution is -2.07. The number of benzene rings is 8. The molecule has 14 rings (SSSR count). The first-order valence-corrected chi connectivity index (χ1v) is 19.7. The van der Waals surface area contributed by atoms with Gasteiger partial charge in [0.25, 0.3) is 0 Å². The van der Waals surface area contributed by atoms with E-state index >= 15 is 0 Å². The maximum atomic E-state index is 6.71. The molecule has 0 aliphatic carbocycles. The molecule has 6 nitrogen and oxygen atoms in total. The molecule has 58 heavy (non-hydrogen) atoms. The number of hydrogen-bond donors (Lipinski definition) is 0. The molecular formula is C52H29N5O. The maximum Gasteiger partial charge on any atom is 0.240 e. The minimum absolute atomic E-state index is 0.547. The fourth-order valence-corrected chi connectivity index (χ4v) is 10.0. The summed E-state index contributed by atoms with van der Waals surface area (Å²) in [6.45, 7) is 0. The summed E-state index contributed by atoms with van der Waals surface area (Å²) in [7, 11) is 0. The van der Waals surface area contributed by atoms with Crippen LogP contribution in [0.2, 0.25) is 0 Å². The number of aromatic nitrogens is 5. The molecule has 14 aromatic rings. The van der Waals surface area contributed by atoms with E-state index < -0.39 is 0 Å². The second-order valence-electron chi connectivity index (χ2n) is 15.3. The van der Waals surface area contributed by atoms with Crippen LogP contribution < -0.4 is 0 Å². The van der Waals surface area contributed by atoms with Gasteiger partial charge >= 0.3 is 0 Å². The number of para-hydroxylation sites is 5. The summed E-state index contributed by atoms with van der Waals surface area (Å²) in [5, 5.41) is 11.4. The smallest absolute Gasteiger partial charge is 0.240 e. The first-order valence-electron chi connectivity index (χ1n) is 19.7. The fraction of sp³-hybridized carbons (Fsp3) is 0. The second-order valence-corrected chi connectivity index (χ2v) is 15.3. The normalized spacial score (nSPS) is 12.5. The first kappa shape index (κ1) is 30.3. The predicted molar refractivity (Wildman–Crippen MR) is 238 cm³/mol. The summed E-state index contributed by atoms with van der Waals surface area (Å²) in [5.74, 6) is 1.34. The fourth-order valence-electron chi connectivity index (χ4n) is 10.0. The van der Waals surface area contributed by atoms with Crippen LogP contribution in [0.5, 0.6) is 0 Å². The first-order chi connectivity index (χ1) is 28.8. The van der Waals surface area contributed by atoms with Crippen LogP contribution in [0.1, 0.15) is 0 Å². The van der Waals surface area contributed by atoms with Gasteiger partial charge in [0, 0.05) is 48.5 Å². The average molecular weight is 740 g/mol. The van der Waals surface area contributed by atoms with E-state index in [1.54, 1.807) is 0 Å². The van der Waals surface area contributed by atoms with Gasteiger partial charge in [0.15, 0.2) is 5.82 Å². The molecule has 0 spiro atoms. The highest BCUT2D eigenvalue weighted by atomic mass is 16.3. The molecule has 0 fully saturated rings. The van der Waals surface area contributed by atoms with E-state index in [2.05, 4.69) is 177 Å². The van der Waals surface area contributed by atoms with E-state index in [1.807, 2.05) is 12.1 Å². The molecule has 6 heterocycles. The number of hydrogen-bond acceptors (Lipinski definition) is 3. The van der Waals surface area contributed by atoms with E-state index in [1.165, 1.54) is 54.4 Å². The van der Waals surface area contributed by atoms with Crippen LogP contribution in [0.25, 0.3) is 127 Å². The molecule has 8 aromatic carbocycles. The summed E-state index contributed by atoms with van der Waals surface area (Å²) >= 11 is 0. The summed E-state index contributed by atoms with van der Waals surface area (Å²) in [6, 6.07) is 62.8. The van der Waals surface area contributed by atoms with E-state index in [9.17, 15) is 0 Å². The second kappa shape index (κ2) is 10.9. The van der Waals surface area contributed by atoms with Crippen LogP contribution in [-0.2, 0) is 0 Å². The SMILES string of the molecule is c1ccc(-c2ccc3c(c2)c2cc4c5ccccc5n5c6ccccc6c(c2n3-c2nc(-n3c6ccccc6c6ccccc63)c3c(n2)oc2ccccc23)c45)cc1. The molecule has 0 N–H and O–H groups in total. The van der Waals surface area contributed by atoms with Crippen molar-refractivity contribution in [2.24, 2.45) is 0 Å². The molecule has 0 aliphatic heterocycles. The van der Waals surface area contributed by atoms with Crippen molar-refractivity contribution in [3.63, 3.8) is 0 Å². The van der Waals surface area contributed by atoms with E-state index in [0.717, 1.165) is 60.6 Å². The van der Waals surface area contributed by atoms with Crippen molar-refractivity contribution in [3.8, 4) is 22.9 Å². The molecule has 0 amide bonds. The Labute approximate surface area is 329 Å². The number of rotatable bonds is 3. The van der Waals surface area contributed by atoms with Crippen molar-refractivity contribution in [1.82, 2.24) is 23.5 Å². The lowest BCUT2D eigenvalue weighted by Gasteiger charge is -2.13. The molecule has 0 saturated heterocycles. The number of nitrogens with zero attached hydrogens (tertiary/aromatic N) is 5. The molecule has 0 atom stereocenters. The van der Waals surface area contributed by atoms with Crippen LogP contribution >= 0.6 is 0 Å². The van der Waals surface area contributed by atoms with Crippen molar-refractivity contribution >= 4 is 104 Å². The van der Waals surface area contributed by atoms with Gasteiger partial charge in [-0.15, -0.1) is 0 Å². The third-order valence-electron chi connectivity index (χ3n) is 12.4. The summed E-state index contributed by atoms with van der Waals surface area (Å²) in [5.41, 5.74) is 11.5. The molecule has 0 saturated carbocycles. The number of furan rings is 1. The van der Waals surface area contributed by atoms with E-state index in [-0.39, 0.29) is 0 Å². The van der Waals surface area contributed by atoms with Crippen molar-refractivity contribution in [3.05, 3.63) is 176 Å². The standard InChI is InChI=1S/C52H29N5O/c1-2-14-30(15-3-1)31-26-27-44-37(28-31)39-29-38-34-18-6-9-21-40(34)55-43-24-12-7-19-35(43)46(48(38)55)49(39)57(44)52-53-50(47-36-20-8-13-25-45(36)58-51(47)54-52)56-41-22-10-4-16-32(41)33-17-5-11-23-42(33)56/h1-29H. The Morgan fingerprint density at radius 1 is 0.362 bits per heavy atom. The van der Waals surface area contributed by atoms with Gasteiger partial charge < -0.3 is 8.82 Å². The Kier molecular flexibility index (Phi) is 5.68. The highest BCUT2D eigenvalue weighted by Crippen LogP contribution is 2.47. The molecule has 0 radical (unpaired) electrons. The summed E-state index contributed by atoms with van der Waals surface area (Å²) in [4.78, 5) is 11.1. The largest absolute Gasteiger partial charge is 0.437 e. The van der Waals surface area contributed by atoms with Crippen molar-refractivity contribution in [1.29, 1.82) is 0 Å². The molecular weight excluding hydrogens is 711 g/mol. The van der Waals surface area contributed by atoms with Crippen molar-refractivity contribution in [2.75, 3.05) is 0 Å². The zero-order valence-electron chi connectivity index (χ0n) is 30.9. The Balaban J connectivity index is 1.21. The Bertz CT molecular complexity index is 3980. The minimum Gasteiger partial charge on any atom is -0.437 e. The molecule has 0 aliphatic rings. The predicted octanol–water partition coefficient (Wildman–Crippen LogP) is 13.4. The minimum atomic E-state index is 0.547. The lowest BCUT2D eigenvalue weighted by atomic mass is 10.0. The third kappa shape index (κ3) is 3.76. The van der Waals surface area contributed by atoms with Crippen LogP contribution in [0, 0.1) is 0 Å². The maximum absolute atomic E-state index is 6.71. The highest BCUT2D eigenvalue weighted by Gasteiger charge is 2.27. The molecule has 0 unspecified atom stereocenters. The zero-order chi connectivity index (χ0) is 37.6. The Morgan fingerprint density at radius 3 is 1.67 bits per heavy atom. The highest BCUT2D eigenvalue weighted by molar-refractivity contribution is 6.34. The van der Waals surface area contributed by atoms with Crippen molar-refractivity contribution in [2.45, 2.75) is 0 Å². The monoisotopic (exact) mass is 739 g/mol. The Hall–Kier alpha value is -7.96. The van der Waals surface area contributed by atoms with Gasteiger partial charge in [-0.3, -0.25) is 9.13 Å². The summed E-state index contributed by atoms with van der Waals surface area (Å²) < 4.78 is 13.7. The van der Waals surface area contributed by atoms with Gasteiger partial charge in [-0.25, -0.2) is 0 Å². The summed E-state index contributed by atoms with van der Waals surface area (Å²) in [6.07, 6.45) is 0. The topological polar surface area (TPSA) is 53.2 Å². The Morgan fingerprint density at radius 2 is 0.931 bits per heavy atom. The van der Waals surface area contributed by atoms with Gasteiger partial charge in [0.05, 0.1) is 44.0 Å². The third-order valence-corrected chi connectivity index (χ3v) is 12.4. The van der Waals surface area contributed by atoms with E-state index in [4.69, 9.17) is 14.4 Å². The van der Waals surface area contributed by atoms with Gasteiger partial charge in [0.1, 0.15) is 5.58 Å². The van der Waals surface area contributed by atoms with Crippen LogP contribution in [0.15, 0.2) is 180 Å². The lowest BCUT2D eigenvalue weighted by molar-refractivity contribution is 0.650. The van der Waals surface area contributed by atoms with Crippen LogP contribution in [-0.4, -0.2) is 23.5 Å². The molecule has 0 bridgehead atoms. The van der Waals surface area contributed by atoms with E-state index in [0.29, 0.717) is 11.7 Å². The zero-order valence-corrected chi connectivity index (χ0v) is 30.9. The van der Waals surface area contributed by atoms with Gasteiger partial charge in [-0.1, -0.05) is 127 Å². The van der Waals surface area contributed by atoms with Gasteiger partial charge in [-0.2, -0.15) is 9.97 Å². The van der Waals surface area contributed by atoms with Gasteiger partial charge in [-0.05, 0) is 59.7 Å². The molecule has 268 valence electrons. The van der Waals surface area contributed by atoms with Crippen LogP contribution in [0.3, 0.4) is 0 Å². The number of fused-ring (bicyclic) bond motifs is 16. The van der Waals surface area contributed by atoms with Gasteiger partial charge in [0.2, 0.25) is 11.7 Å². The quantitative estimate of drug-likeness (QED) is 0.181.